The molecule has 0 aliphatic rings. The van der Waals surface area contributed by atoms with E-state index in [-0.39, 0.29) is 5.04 Å². The summed E-state index contributed by atoms with van der Waals surface area (Å²) >= 11 is 8.68. The zero-order chi connectivity index (χ0) is 20.5. The summed E-state index contributed by atoms with van der Waals surface area (Å²) in [6.45, 7) is 8.47. The molecule has 2 aromatic heterocycles. The fourth-order valence-electron chi connectivity index (χ4n) is 4.01. The van der Waals surface area contributed by atoms with Gasteiger partial charge in [0.05, 0.1) is 16.0 Å². The van der Waals surface area contributed by atoms with Crippen LogP contribution in [0, 0.1) is 3.14 Å². The summed E-state index contributed by atoms with van der Waals surface area (Å²) in [5, 5.41) is 2.65. The van der Waals surface area contributed by atoms with Crippen molar-refractivity contribution in [3.05, 3.63) is 76.2 Å². The van der Waals surface area contributed by atoms with Gasteiger partial charge in [0.15, 0.2) is 0 Å². The van der Waals surface area contributed by atoms with Crippen molar-refractivity contribution in [3.63, 3.8) is 0 Å². The first-order valence-electron chi connectivity index (χ1n) is 9.74. The van der Waals surface area contributed by atoms with Crippen molar-refractivity contribution in [3.8, 4) is 0 Å². The van der Waals surface area contributed by atoms with Crippen LogP contribution in [0.2, 0.25) is 5.04 Å². The maximum absolute atomic E-state index is 6.97. The van der Waals surface area contributed by atoms with Gasteiger partial charge in [-0.1, -0.05) is 93.7 Å². The Kier molecular flexibility index (Phi) is 5.91. The van der Waals surface area contributed by atoms with Crippen molar-refractivity contribution in [2.75, 3.05) is 6.61 Å². The minimum absolute atomic E-state index is 0.00600. The van der Waals surface area contributed by atoms with Crippen LogP contribution in [0.25, 0.3) is 9.40 Å². The van der Waals surface area contributed by atoms with E-state index in [0.717, 1.165) is 9.68 Å². The molecule has 0 saturated heterocycles. The number of rotatable bonds is 6. The highest BCUT2D eigenvalue weighted by atomic mass is 32.2. The summed E-state index contributed by atoms with van der Waals surface area (Å²) in [5.41, 5.74) is 0. The van der Waals surface area contributed by atoms with E-state index in [1.54, 1.807) is 22.7 Å². The predicted octanol–water partition coefficient (Wildman–Crippen LogP) is 6.07. The molecule has 4 aromatic rings. The van der Waals surface area contributed by atoms with Crippen LogP contribution in [0.3, 0.4) is 0 Å². The van der Waals surface area contributed by atoms with Crippen molar-refractivity contribution in [2.24, 2.45) is 0 Å². The minimum atomic E-state index is -2.46. The van der Waals surface area contributed by atoms with Crippen molar-refractivity contribution in [1.29, 1.82) is 0 Å². The van der Waals surface area contributed by atoms with Crippen LogP contribution >= 0.6 is 34.9 Å². The van der Waals surface area contributed by atoms with E-state index in [1.165, 1.54) is 19.8 Å². The van der Waals surface area contributed by atoms with E-state index >= 15 is 0 Å². The van der Waals surface area contributed by atoms with Crippen LogP contribution in [-0.2, 0) is 11.0 Å². The number of hydrogen-bond donors (Lipinski definition) is 0. The van der Waals surface area contributed by atoms with E-state index in [2.05, 4.69) is 98.4 Å². The highest BCUT2D eigenvalue weighted by molar-refractivity contribution is 7.77. The molecule has 0 radical (unpaired) electrons. The molecule has 0 aliphatic carbocycles. The lowest BCUT2D eigenvalue weighted by atomic mass is 10.2. The number of benzene rings is 2. The number of aromatic nitrogens is 1. The largest absolute Gasteiger partial charge is 0.406 e. The molecule has 0 spiro atoms. The number of hydrogen-bond acceptors (Lipinski definition) is 4. The first kappa shape index (κ1) is 20.7. The number of fused-ring (bicyclic) bond motifs is 1. The van der Waals surface area contributed by atoms with Crippen LogP contribution < -0.4 is 10.4 Å². The molecule has 0 unspecified atom stereocenters. The summed E-state index contributed by atoms with van der Waals surface area (Å²) in [5.74, 6) is 0. The Morgan fingerprint density at radius 2 is 1.34 bits per heavy atom. The van der Waals surface area contributed by atoms with Crippen LogP contribution in [0.1, 0.15) is 20.8 Å². The Morgan fingerprint density at radius 1 is 0.862 bits per heavy atom. The summed E-state index contributed by atoms with van der Waals surface area (Å²) in [6, 6.07) is 21.6. The predicted molar refractivity (Wildman–Crippen MR) is 132 cm³/mol. The molecule has 0 saturated carbocycles. The number of nitrogens with zero attached hydrogens (tertiary/aromatic N) is 1. The highest BCUT2D eigenvalue weighted by Gasteiger charge is 2.49. The third kappa shape index (κ3) is 4.05. The first-order chi connectivity index (χ1) is 13.9. The van der Waals surface area contributed by atoms with Crippen LogP contribution in [-0.4, -0.2) is 19.5 Å². The van der Waals surface area contributed by atoms with E-state index in [9.17, 15) is 0 Å². The van der Waals surface area contributed by atoms with Gasteiger partial charge in [-0.3, -0.25) is 0 Å². The Hall–Kier alpha value is -1.57. The summed E-state index contributed by atoms with van der Waals surface area (Å²) in [6.07, 6.45) is 4.39. The average molecular weight is 456 g/mol. The second-order valence-corrected chi connectivity index (χ2v) is 15.8. The molecule has 0 atom stereocenters. The third-order valence-electron chi connectivity index (χ3n) is 5.28. The highest BCUT2D eigenvalue weighted by Crippen LogP contribution is 2.36. The van der Waals surface area contributed by atoms with E-state index in [1.807, 2.05) is 0 Å². The van der Waals surface area contributed by atoms with Gasteiger partial charge in [-0.05, 0) is 15.4 Å². The molecule has 2 nitrogen and oxygen atoms in total. The Morgan fingerprint density at radius 3 is 1.79 bits per heavy atom. The van der Waals surface area contributed by atoms with Gasteiger partial charge in [0, 0.05) is 18.9 Å². The molecule has 0 fully saturated rings. The van der Waals surface area contributed by atoms with Gasteiger partial charge < -0.3 is 8.99 Å². The SMILES string of the molecule is CC(C)(C)[Si](OCCn1cc2sc(=S)sc2c1)(c1ccccc1)c1ccccc1. The lowest BCUT2D eigenvalue weighted by molar-refractivity contribution is 0.281. The van der Waals surface area contributed by atoms with Gasteiger partial charge in [-0.25, -0.2) is 0 Å². The summed E-state index contributed by atoms with van der Waals surface area (Å²) < 4.78 is 12.7. The molecule has 6 heteroatoms. The second kappa shape index (κ2) is 8.28. The van der Waals surface area contributed by atoms with Crippen LogP contribution in [0.5, 0.6) is 0 Å². The maximum Gasteiger partial charge on any atom is 0.261 e. The van der Waals surface area contributed by atoms with Crippen molar-refractivity contribution < 1.29 is 4.43 Å². The third-order valence-corrected chi connectivity index (χ3v) is 12.9. The van der Waals surface area contributed by atoms with E-state index in [4.69, 9.17) is 16.6 Å². The average Bonchev–Trinajstić information content (AvgIpc) is 3.22. The zero-order valence-corrected chi connectivity index (χ0v) is 20.4. The topological polar surface area (TPSA) is 14.2 Å². The molecule has 4 rings (SSSR count). The van der Waals surface area contributed by atoms with Gasteiger partial charge in [0.25, 0.3) is 8.32 Å². The lowest BCUT2D eigenvalue weighted by Gasteiger charge is -2.43. The summed E-state index contributed by atoms with van der Waals surface area (Å²) in [7, 11) is -2.46. The second-order valence-electron chi connectivity index (χ2n) is 8.19. The van der Waals surface area contributed by atoms with Gasteiger partial charge in [-0.2, -0.15) is 0 Å². The molecule has 29 heavy (non-hydrogen) atoms. The molecule has 0 bridgehead atoms. The van der Waals surface area contributed by atoms with Gasteiger partial charge in [0.1, 0.15) is 3.14 Å². The smallest absolute Gasteiger partial charge is 0.261 e. The normalized spacial score (nSPS) is 12.5. The first-order valence-corrected chi connectivity index (χ1v) is 13.7. The molecule has 150 valence electrons. The zero-order valence-electron chi connectivity index (χ0n) is 16.9. The molecule has 0 aliphatic heterocycles. The molecular formula is C23H25NOS3Si. The van der Waals surface area contributed by atoms with Crippen molar-refractivity contribution in [1.82, 2.24) is 4.57 Å². The molecule has 2 aromatic carbocycles. The Bertz CT molecular complexity index is 1070. The van der Waals surface area contributed by atoms with Crippen molar-refractivity contribution in [2.45, 2.75) is 32.4 Å². The standard InChI is InChI=1S/C23H25NOS3Si/c1-23(2,3)29(18-10-6-4-7-11-18,19-12-8-5-9-13-19)25-15-14-24-16-20-21(17-24)28-22(26)27-20/h4-13,16-17H,14-15H2,1-3H3. The Balaban J connectivity index is 1.67. The molecule has 0 N–H and O–H groups in total. The van der Waals surface area contributed by atoms with E-state index in [0.29, 0.717) is 6.61 Å². The van der Waals surface area contributed by atoms with Gasteiger partial charge in [-0.15, -0.1) is 22.7 Å². The Labute approximate surface area is 186 Å². The quantitative estimate of drug-likeness (QED) is 0.259. The molecule has 2 heterocycles. The van der Waals surface area contributed by atoms with E-state index < -0.39 is 8.32 Å². The molecule has 0 amide bonds. The minimum Gasteiger partial charge on any atom is -0.406 e. The fourth-order valence-corrected chi connectivity index (χ4v) is 11.1. The molecular weight excluding hydrogens is 431 g/mol. The van der Waals surface area contributed by atoms with Gasteiger partial charge in [0.2, 0.25) is 0 Å². The lowest BCUT2D eigenvalue weighted by Crippen LogP contribution is -2.66. The summed E-state index contributed by atoms with van der Waals surface area (Å²) in [4.78, 5) is 0. The van der Waals surface area contributed by atoms with Crippen LogP contribution in [0.4, 0.5) is 0 Å². The maximum atomic E-state index is 6.97. The fraction of sp³-hybridized carbons (Fsp3) is 0.261. The van der Waals surface area contributed by atoms with Crippen LogP contribution in [0.15, 0.2) is 73.1 Å². The van der Waals surface area contributed by atoms with Crippen molar-refractivity contribution >= 4 is 63.0 Å². The van der Waals surface area contributed by atoms with Gasteiger partial charge >= 0.3 is 0 Å². The monoisotopic (exact) mass is 455 g/mol.